The van der Waals surface area contributed by atoms with Crippen molar-refractivity contribution in [3.8, 4) is 0 Å². The zero-order valence-corrected chi connectivity index (χ0v) is 23.3. The largest absolute Gasteiger partial charge is 0.390 e. The molecule has 1 aromatic rings. The van der Waals surface area contributed by atoms with Crippen LogP contribution >= 0.6 is 0 Å². The molecule has 3 rings (SSSR count). The highest BCUT2D eigenvalue weighted by atomic mass is 19.2. The van der Waals surface area contributed by atoms with Crippen LogP contribution in [0.3, 0.4) is 0 Å². The first-order valence-electron chi connectivity index (χ1n) is 14.2. The number of nitrogens with zero attached hydrogens (tertiary/aromatic N) is 1. The molecule has 0 bridgehead atoms. The number of hydrogen-bond donors (Lipinski definition) is 4. The number of hydrogen-bond acceptors (Lipinski definition) is 5. The predicted molar refractivity (Wildman–Crippen MR) is 144 cm³/mol. The summed E-state index contributed by atoms with van der Waals surface area (Å²) in [6, 6.07) is 3.68. The van der Waals surface area contributed by atoms with Gasteiger partial charge < -0.3 is 30.5 Å². The van der Waals surface area contributed by atoms with Gasteiger partial charge in [-0.15, -0.1) is 0 Å². The van der Waals surface area contributed by atoms with E-state index >= 15 is 0 Å². The molecule has 3 atom stereocenters. The normalized spacial score (nSPS) is 26.6. The van der Waals surface area contributed by atoms with Crippen molar-refractivity contribution in [1.82, 2.24) is 15.5 Å². The van der Waals surface area contributed by atoms with Crippen LogP contribution in [0, 0.1) is 23.5 Å². The highest BCUT2D eigenvalue weighted by molar-refractivity contribution is 5.74. The summed E-state index contributed by atoms with van der Waals surface area (Å²) in [5, 5.41) is 28.5. The van der Waals surface area contributed by atoms with Gasteiger partial charge in [0.1, 0.15) is 0 Å². The number of halogens is 2. The number of ether oxygens (including phenoxy) is 1. The summed E-state index contributed by atoms with van der Waals surface area (Å²) in [5.41, 5.74) is -2.23. The molecule has 7 nitrogen and oxygen atoms in total. The van der Waals surface area contributed by atoms with Crippen LogP contribution in [-0.4, -0.2) is 73.2 Å². The second-order valence-electron chi connectivity index (χ2n) is 11.6. The molecule has 4 N–H and O–H groups in total. The second kappa shape index (κ2) is 14.0. The average Bonchev–Trinajstić information content (AvgIpc) is 2.89. The van der Waals surface area contributed by atoms with Crippen LogP contribution in [-0.2, 0) is 10.3 Å². The van der Waals surface area contributed by atoms with E-state index in [1.165, 1.54) is 12.1 Å². The van der Waals surface area contributed by atoms with Crippen molar-refractivity contribution in [3.05, 3.63) is 35.4 Å². The maximum Gasteiger partial charge on any atom is 0.317 e. The van der Waals surface area contributed by atoms with Gasteiger partial charge in [-0.2, -0.15) is 0 Å². The van der Waals surface area contributed by atoms with Gasteiger partial charge in [0.2, 0.25) is 0 Å². The number of carbonyl (C=O) groups excluding carboxylic acids is 1. The molecule has 38 heavy (non-hydrogen) atoms. The van der Waals surface area contributed by atoms with Crippen molar-refractivity contribution in [1.29, 1.82) is 0 Å². The van der Waals surface area contributed by atoms with Gasteiger partial charge in [-0.1, -0.05) is 12.1 Å². The number of benzene rings is 1. The van der Waals surface area contributed by atoms with Crippen molar-refractivity contribution in [3.63, 3.8) is 0 Å². The Morgan fingerprint density at radius 1 is 1.26 bits per heavy atom. The Balaban J connectivity index is 1.70. The van der Waals surface area contributed by atoms with E-state index in [1.54, 1.807) is 12.0 Å². The standard InChI is InChI=1S/C29H47F2N3O4/c1-28(36)14-11-21(12-15-28)18-23(19-32-2)33-27(35)34-16-7-8-22(20-34)29(37,13-4-5-17-38-3)24-9-6-10-25(30)26(24)31/h6,9-10,21-23,32,36-37H,4-5,7-8,11-20H2,1-3H3,(H,33,35)/t21?,22-,23+,28?,29+/m1/s1. The molecule has 216 valence electrons. The lowest BCUT2D eigenvalue weighted by atomic mass is 9.74. The Hall–Kier alpha value is -1.81. The molecule has 1 heterocycles. The summed E-state index contributed by atoms with van der Waals surface area (Å²) in [5.74, 6) is -1.99. The van der Waals surface area contributed by atoms with Crippen molar-refractivity contribution in [2.24, 2.45) is 11.8 Å². The number of urea groups is 1. The Labute approximate surface area is 226 Å². The SMILES string of the molecule is CNC[C@H](CC1CCC(C)(O)CC1)NC(=O)N1CCC[C@@H]([C@@](O)(CCCCOC)c2cccc(F)c2F)C1. The fourth-order valence-corrected chi connectivity index (χ4v) is 6.23. The molecule has 1 saturated heterocycles. The molecule has 2 aliphatic rings. The molecule has 0 aromatic heterocycles. The molecule has 9 heteroatoms. The Morgan fingerprint density at radius 2 is 2.00 bits per heavy atom. The molecule has 1 saturated carbocycles. The fraction of sp³-hybridized carbons (Fsp3) is 0.759. The summed E-state index contributed by atoms with van der Waals surface area (Å²) in [6.45, 7) is 3.85. The summed E-state index contributed by atoms with van der Waals surface area (Å²) < 4.78 is 34.2. The lowest BCUT2D eigenvalue weighted by Crippen LogP contribution is -2.54. The van der Waals surface area contributed by atoms with Gasteiger partial charge in [-0.3, -0.25) is 0 Å². The van der Waals surface area contributed by atoms with Crippen LogP contribution < -0.4 is 10.6 Å². The minimum atomic E-state index is -1.59. The first-order chi connectivity index (χ1) is 18.1. The van der Waals surface area contributed by atoms with Crippen LogP contribution in [0.5, 0.6) is 0 Å². The number of carbonyl (C=O) groups is 1. The number of likely N-dealkylation sites (N-methyl/N-ethyl adjacent to an activating group) is 1. The minimum Gasteiger partial charge on any atom is -0.390 e. The molecule has 2 amide bonds. The number of rotatable bonds is 12. The second-order valence-corrected chi connectivity index (χ2v) is 11.6. The Bertz CT molecular complexity index is 893. The van der Waals surface area contributed by atoms with Gasteiger partial charge in [-0.05, 0) is 90.2 Å². The van der Waals surface area contributed by atoms with E-state index in [2.05, 4.69) is 10.6 Å². The van der Waals surface area contributed by atoms with Gasteiger partial charge in [0.05, 0.1) is 11.2 Å². The van der Waals surface area contributed by atoms with E-state index in [1.807, 2.05) is 14.0 Å². The average molecular weight is 540 g/mol. The maximum absolute atomic E-state index is 14.9. The molecule has 0 unspecified atom stereocenters. The van der Waals surface area contributed by atoms with Crippen molar-refractivity contribution >= 4 is 6.03 Å². The lowest BCUT2D eigenvalue weighted by molar-refractivity contribution is -0.0592. The first kappa shape index (κ1) is 30.7. The molecule has 0 radical (unpaired) electrons. The number of unbranched alkanes of at least 4 members (excludes halogenated alkanes) is 1. The topological polar surface area (TPSA) is 94.1 Å². The van der Waals surface area contributed by atoms with Crippen molar-refractivity contribution < 1.29 is 28.5 Å². The van der Waals surface area contributed by atoms with Crippen LogP contribution in [0.15, 0.2) is 18.2 Å². The summed E-state index contributed by atoms with van der Waals surface area (Å²) in [6.07, 6.45) is 7.05. The van der Waals surface area contributed by atoms with E-state index in [0.29, 0.717) is 51.3 Å². The summed E-state index contributed by atoms with van der Waals surface area (Å²) in [7, 11) is 3.47. The zero-order chi connectivity index (χ0) is 27.8. The van der Waals surface area contributed by atoms with Crippen LogP contribution in [0.25, 0.3) is 0 Å². The number of piperidine rings is 1. The molecule has 1 aromatic carbocycles. The number of likely N-dealkylation sites (tertiary alicyclic amines) is 1. The van der Waals surface area contributed by atoms with Gasteiger partial charge in [0.25, 0.3) is 0 Å². The lowest BCUT2D eigenvalue weighted by Gasteiger charge is -2.43. The van der Waals surface area contributed by atoms with E-state index in [4.69, 9.17) is 4.74 Å². The van der Waals surface area contributed by atoms with E-state index in [-0.39, 0.29) is 30.6 Å². The number of aliphatic hydroxyl groups is 2. The fourth-order valence-electron chi connectivity index (χ4n) is 6.23. The Kier molecular flexibility index (Phi) is 11.3. The molecule has 0 spiro atoms. The van der Waals surface area contributed by atoms with Crippen LogP contribution in [0.4, 0.5) is 13.6 Å². The zero-order valence-electron chi connectivity index (χ0n) is 23.3. The third-order valence-corrected chi connectivity index (χ3v) is 8.54. The van der Waals surface area contributed by atoms with E-state index < -0.39 is 28.8 Å². The molecule has 2 fully saturated rings. The van der Waals surface area contributed by atoms with Crippen molar-refractivity contribution in [2.75, 3.05) is 40.4 Å². The maximum atomic E-state index is 14.9. The van der Waals surface area contributed by atoms with Crippen LogP contribution in [0.2, 0.25) is 0 Å². The third-order valence-electron chi connectivity index (χ3n) is 8.54. The number of nitrogens with one attached hydrogen (secondary N) is 2. The quantitative estimate of drug-likeness (QED) is 0.297. The summed E-state index contributed by atoms with van der Waals surface area (Å²) >= 11 is 0. The Morgan fingerprint density at radius 3 is 2.68 bits per heavy atom. The number of amides is 2. The molecule has 1 aliphatic heterocycles. The van der Waals surface area contributed by atoms with E-state index in [9.17, 15) is 23.8 Å². The summed E-state index contributed by atoms with van der Waals surface area (Å²) in [4.78, 5) is 15.1. The predicted octanol–water partition coefficient (Wildman–Crippen LogP) is 4.31. The van der Waals surface area contributed by atoms with Gasteiger partial charge >= 0.3 is 6.03 Å². The van der Waals surface area contributed by atoms with Crippen molar-refractivity contribution in [2.45, 2.75) is 88.4 Å². The highest BCUT2D eigenvalue weighted by Gasteiger charge is 2.43. The van der Waals surface area contributed by atoms with E-state index in [0.717, 1.165) is 38.2 Å². The molecule has 1 aliphatic carbocycles. The monoisotopic (exact) mass is 539 g/mol. The van der Waals surface area contributed by atoms with Gasteiger partial charge in [0, 0.05) is 50.9 Å². The number of methoxy groups -OCH3 is 1. The van der Waals surface area contributed by atoms with Gasteiger partial charge in [-0.25, -0.2) is 13.6 Å². The minimum absolute atomic E-state index is 0.0385. The first-order valence-corrected chi connectivity index (χ1v) is 14.2. The smallest absolute Gasteiger partial charge is 0.317 e. The molecular formula is C29H47F2N3O4. The third kappa shape index (κ3) is 8.10. The highest BCUT2D eigenvalue weighted by Crippen LogP contribution is 2.41. The van der Waals surface area contributed by atoms with Crippen LogP contribution in [0.1, 0.15) is 76.7 Å². The van der Waals surface area contributed by atoms with Gasteiger partial charge in [0.15, 0.2) is 11.6 Å². The molecular weight excluding hydrogens is 492 g/mol.